The molecule has 0 amide bonds. The quantitative estimate of drug-likeness (QED) is 0.785. The lowest BCUT2D eigenvalue weighted by molar-refractivity contribution is -0.139. The summed E-state index contributed by atoms with van der Waals surface area (Å²) in [5, 5.41) is 20.3. The van der Waals surface area contributed by atoms with Crippen LogP contribution < -0.4 is 5.32 Å². The molecule has 0 bridgehead atoms. The zero-order valence-electron chi connectivity index (χ0n) is 14.7. The van der Waals surface area contributed by atoms with Gasteiger partial charge in [-0.05, 0) is 31.9 Å². The van der Waals surface area contributed by atoms with Gasteiger partial charge in [-0.15, -0.1) is 5.10 Å². The van der Waals surface area contributed by atoms with Crippen LogP contribution in [-0.4, -0.2) is 34.0 Å². The molecule has 1 aliphatic heterocycles. The molecule has 2 aromatic rings. The number of esters is 1. The van der Waals surface area contributed by atoms with Crippen LogP contribution >= 0.6 is 0 Å². The number of aliphatic carboxylic acids is 1. The molecule has 1 atom stereocenters. The molecule has 0 aliphatic carbocycles. The largest absolute Gasteiger partial charge is 0.478 e. The van der Waals surface area contributed by atoms with Crippen LogP contribution in [0.1, 0.15) is 38.7 Å². The predicted molar refractivity (Wildman–Crippen MR) is 92.0 cm³/mol. The third-order valence-corrected chi connectivity index (χ3v) is 4.27. The average molecular weight is 357 g/mol. The maximum atomic E-state index is 12.7. The van der Waals surface area contributed by atoms with Gasteiger partial charge in [-0.2, -0.15) is 0 Å². The summed E-state index contributed by atoms with van der Waals surface area (Å²) < 4.78 is 10.4. The number of carbonyl (C=O) groups is 2. The number of carboxylic acid groups (broad SMARTS) is 1. The molecule has 136 valence electrons. The molecule has 0 fully saturated rings. The van der Waals surface area contributed by atoms with Gasteiger partial charge in [0.25, 0.3) is 0 Å². The van der Waals surface area contributed by atoms with Gasteiger partial charge >= 0.3 is 11.9 Å². The zero-order chi connectivity index (χ0) is 18.8. The molecule has 1 unspecified atom stereocenters. The predicted octanol–water partition coefficient (Wildman–Crippen LogP) is 2.50. The second-order valence-corrected chi connectivity index (χ2v) is 6.04. The van der Waals surface area contributed by atoms with Crippen molar-refractivity contribution in [1.29, 1.82) is 0 Å². The van der Waals surface area contributed by atoms with E-state index in [2.05, 4.69) is 15.7 Å². The van der Waals surface area contributed by atoms with Crippen molar-refractivity contribution in [2.24, 2.45) is 0 Å². The van der Waals surface area contributed by atoms with Crippen molar-refractivity contribution in [3.8, 4) is 0 Å². The Morgan fingerprint density at radius 3 is 2.69 bits per heavy atom. The van der Waals surface area contributed by atoms with E-state index in [0.29, 0.717) is 34.5 Å². The first-order valence-electron chi connectivity index (χ1n) is 8.25. The molecular formula is C18H19N3O5. The van der Waals surface area contributed by atoms with E-state index in [-0.39, 0.29) is 17.8 Å². The van der Waals surface area contributed by atoms with E-state index in [1.54, 1.807) is 32.0 Å². The summed E-state index contributed by atoms with van der Waals surface area (Å²) in [6.45, 7) is 5.52. The van der Waals surface area contributed by atoms with Crippen molar-refractivity contribution < 1.29 is 24.0 Å². The first-order valence-corrected chi connectivity index (χ1v) is 8.25. The van der Waals surface area contributed by atoms with Gasteiger partial charge in [0.1, 0.15) is 5.52 Å². The SMILES string of the molecule is CCCOC(=O)C1=C(C)NC(C)=C(C(=O)O)C1c1cccc2onnc12. The van der Waals surface area contributed by atoms with Crippen LogP contribution in [0.15, 0.2) is 45.3 Å². The number of ether oxygens (including phenoxy) is 1. The first-order chi connectivity index (χ1) is 12.5. The van der Waals surface area contributed by atoms with Crippen LogP contribution in [0, 0.1) is 0 Å². The zero-order valence-corrected chi connectivity index (χ0v) is 14.7. The molecule has 1 aromatic carbocycles. The number of aromatic nitrogens is 2. The molecule has 26 heavy (non-hydrogen) atoms. The molecule has 0 saturated heterocycles. The molecule has 0 radical (unpaired) electrons. The van der Waals surface area contributed by atoms with Crippen LogP contribution in [-0.2, 0) is 14.3 Å². The third-order valence-electron chi connectivity index (χ3n) is 4.27. The number of hydrogen-bond donors (Lipinski definition) is 2. The van der Waals surface area contributed by atoms with E-state index < -0.39 is 17.9 Å². The molecule has 1 aliphatic rings. The van der Waals surface area contributed by atoms with Crippen molar-refractivity contribution in [2.75, 3.05) is 6.61 Å². The van der Waals surface area contributed by atoms with Gasteiger partial charge in [0.2, 0.25) is 0 Å². The highest BCUT2D eigenvalue weighted by Crippen LogP contribution is 2.40. The third kappa shape index (κ3) is 2.94. The molecule has 2 heterocycles. The number of nitrogens with one attached hydrogen (secondary N) is 1. The van der Waals surface area contributed by atoms with Gasteiger partial charge in [-0.3, -0.25) is 0 Å². The number of hydrogen-bond acceptors (Lipinski definition) is 7. The Morgan fingerprint density at radius 1 is 1.27 bits per heavy atom. The average Bonchev–Trinajstić information content (AvgIpc) is 3.07. The van der Waals surface area contributed by atoms with E-state index in [0.717, 1.165) is 0 Å². The topological polar surface area (TPSA) is 115 Å². The molecule has 8 heteroatoms. The smallest absolute Gasteiger partial charge is 0.336 e. The number of carbonyl (C=O) groups excluding carboxylic acids is 1. The number of benzene rings is 1. The van der Waals surface area contributed by atoms with Crippen molar-refractivity contribution in [1.82, 2.24) is 15.7 Å². The number of rotatable bonds is 5. The van der Waals surface area contributed by atoms with E-state index >= 15 is 0 Å². The van der Waals surface area contributed by atoms with Crippen molar-refractivity contribution in [3.63, 3.8) is 0 Å². The van der Waals surface area contributed by atoms with E-state index in [1.165, 1.54) is 0 Å². The highest BCUT2D eigenvalue weighted by atomic mass is 16.5. The first kappa shape index (κ1) is 17.7. The summed E-state index contributed by atoms with van der Waals surface area (Å²) in [7, 11) is 0. The van der Waals surface area contributed by atoms with Gasteiger partial charge in [0.05, 0.1) is 23.7 Å². The summed E-state index contributed by atoms with van der Waals surface area (Å²) in [6.07, 6.45) is 0.666. The Hall–Kier alpha value is -3.16. The molecule has 1 aromatic heterocycles. The maximum Gasteiger partial charge on any atom is 0.336 e. The van der Waals surface area contributed by atoms with Gasteiger partial charge < -0.3 is 19.7 Å². The van der Waals surface area contributed by atoms with Crippen LogP contribution in [0.3, 0.4) is 0 Å². The summed E-state index contributed by atoms with van der Waals surface area (Å²) in [5.74, 6) is -2.52. The summed E-state index contributed by atoms with van der Waals surface area (Å²) >= 11 is 0. The van der Waals surface area contributed by atoms with E-state index in [4.69, 9.17) is 9.26 Å². The standard InChI is InChI=1S/C18H19N3O5/c1-4-8-25-18(24)14-10(3)19-9(2)13(17(22)23)15(14)11-6-5-7-12-16(11)20-21-26-12/h5-7,15,19H,4,8H2,1-3H3,(H,22,23). The molecular weight excluding hydrogens is 338 g/mol. The molecule has 8 nitrogen and oxygen atoms in total. The normalized spacial score (nSPS) is 17.4. The van der Waals surface area contributed by atoms with Crippen LogP contribution in [0.4, 0.5) is 0 Å². The minimum atomic E-state index is -1.12. The van der Waals surface area contributed by atoms with E-state index in [9.17, 15) is 14.7 Å². The van der Waals surface area contributed by atoms with Gasteiger partial charge in [0, 0.05) is 16.7 Å². The minimum Gasteiger partial charge on any atom is -0.478 e. The lowest BCUT2D eigenvalue weighted by Gasteiger charge is -2.29. The number of allylic oxidation sites excluding steroid dienone is 2. The molecule has 3 rings (SSSR count). The highest BCUT2D eigenvalue weighted by molar-refractivity contribution is 6.00. The number of nitrogens with zero attached hydrogens (tertiary/aromatic N) is 2. The van der Waals surface area contributed by atoms with Crippen LogP contribution in [0.25, 0.3) is 11.1 Å². The van der Waals surface area contributed by atoms with Crippen LogP contribution in [0.5, 0.6) is 0 Å². The van der Waals surface area contributed by atoms with Crippen LogP contribution in [0.2, 0.25) is 0 Å². The Labute approximate surface area is 149 Å². The Morgan fingerprint density at radius 2 is 2.00 bits per heavy atom. The number of fused-ring (bicyclic) bond motifs is 1. The molecule has 2 N–H and O–H groups in total. The number of carboxylic acids is 1. The molecule has 0 spiro atoms. The second kappa shape index (κ2) is 6.99. The van der Waals surface area contributed by atoms with E-state index in [1.807, 2.05) is 6.92 Å². The highest BCUT2D eigenvalue weighted by Gasteiger charge is 2.38. The maximum absolute atomic E-state index is 12.7. The Balaban J connectivity index is 2.22. The van der Waals surface area contributed by atoms with Gasteiger partial charge in [0.15, 0.2) is 5.58 Å². The lowest BCUT2D eigenvalue weighted by atomic mass is 9.80. The van der Waals surface area contributed by atoms with Gasteiger partial charge in [-0.1, -0.05) is 19.1 Å². The fourth-order valence-electron chi connectivity index (χ4n) is 3.19. The summed E-state index contributed by atoms with van der Waals surface area (Å²) in [4.78, 5) is 24.7. The second-order valence-electron chi connectivity index (χ2n) is 6.04. The summed E-state index contributed by atoms with van der Waals surface area (Å²) in [5.41, 5.74) is 2.69. The van der Waals surface area contributed by atoms with Gasteiger partial charge in [-0.25, -0.2) is 9.59 Å². The molecule has 0 saturated carbocycles. The fraction of sp³-hybridized carbons (Fsp3) is 0.333. The Bertz CT molecular complexity index is 941. The number of dihydropyridines is 1. The lowest BCUT2D eigenvalue weighted by Crippen LogP contribution is -2.32. The Kier molecular flexibility index (Phi) is 4.75. The monoisotopic (exact) mass is 357 g/mol. The van der Waals surface area contributed by atoms with Crippen molar-refractivity contribution in [3.05, 3.63) is 46.3 Å². The summed E-state index contributed by atoms with van der Waals surface area (Å²) in [6, 6.07) is 5.12. The van der Waals surface area contributed by atoms with Crippen molar-refractivity contribution >= 4 is 23.0 Å². The minimum absolute atomic E-state index is 0.0644. The fourth-order valence-corrected chi connectivity index (χ4v) is 3.19. The van der Waals surface area contributed by atoms with Crippen molar-refractivity contribution in [2.45, 2.75) is 33.1 Å².